The first-order chi connectivity index (χ1) is 13.0. The van der Waals surface area contributed by atoms with E-state index >= 15 is 0 Å². The number of likely N-dealkylation sites (tertiary alicyclic amines) is 1. The fourth-order valence-corrected chi connectivity index (χ4v) is 3.72. The molecule has 3 rings (SSSR count). The van der Waals surface area contributed by atoms with Crippen molar-refractivity contribution in [2.24, 2.45) is 0 Å². The summed E-state index contributed by atoms with van der Waals surface area (Å²) in [6.45, 7) is 2.79. The molecule has 142 valence electrons. The monoisotopic (exact) mass is 386 g/mol. The van der Waals surface area contributed by atoms with Crippen LogP contribution < -0.4 is 0 Å². The summed E-state index contributed by atoms with van der Waals surface area (Å²) < 4.78 is 0. The quantitative estimate of drug-likeness (QED) is 0.762. The zero-order valence-corrected chi connectivity index (χ0v) is 16.1. The van der Waals surface area contributed by atoms with Crippen molar-refractivity contribution in [3.8, 4) is 11.3 Å². The molecule has 5 nitrogen and oxygen atoms in total. The average Bonchev–Trinajstić information content (AvgIpc) is 3.15. The average molecular weight is 387 g/mol. The first kappa shape index (κ1) is 19.4. The van der Waals surface area contributed by atoms with Crippen molar-refractivity contribution in [1.29, 1.82) is 0 Å². The van der Waals surface area contributed by atoms with Crippen molar-refractivity contribution in [3.63, 3.8) is 0 Å². The molecule has 27 heavy (non-hydrogen) atoms. The van der Waals surface area contributed by atoms with E-state index < -0.39 is 5.97 Å². The molecule has 1 aromatic carbocycles. The second kappa shape index (κ2) is 8.53. The zero-order valence-electron chi connectivity index (χ0n) is 15.3. The predicted molar refractivity (Wildman–Crippen MR) is 105 cm³/mol. The lowest BCUT2D eigenvalue weighted by molar-refractivity contribution is -0.132. The van der Waals surface area contributed by atoms with Gasteiger partial charge in [-0.05, 0) is 43.5 Å². The Balaban J connectivity index is 1.98. The first-order valence-corrected chi connectivity index (χ1v) is 9.68. The summed E-state index contributed by atoms with van der Waals surface area (Å²) in [6, 6.07) is 10.2. The van der Waals surface area contributed by atoms with Gasteiger partial charge in [0.05, 0.1) is 23.0 Å². The van der Waals surface area contributed by atoms with Gasteiger partial charge in [-0.15, -0.1) is 0 Å². The topological polar surface area (TPSA) is 70.5 Å². The number of aromatic nitrogens is 1. The van der Waals surface area contributed by atoms with E-state index in [1.807, 2.05) is 4.90 Å². The van der Waals surface area contributed by atoms with Gasteiger partial charge in [-0.3, -0.25) is 4.79 Å². The molecule has 0 unspecified atom stereocenters. The largest absolute Gasteiger partial charge is 0.478 e. The highest BCUT2D eigenvalue weighted by atomic mass is 35.5. The number of hydrogen-bond acceptors (Lipinski definition) is 3. The third-order valence-corrected chi connectivity index (χ3v) is 5.14. The summed E-state index contributed by atoms with van der Waals surface area (Å²) in [5.74, 6) is -0.890. The summed E-state index contributed by atoms with van der Waals surface area (Å²) in [5.41, 5.74) is 1.90. The number of aromatic carboxylic acids is 1. The maximum atomic E-state index is 12.5. The van der Waals surface area contributed by atoms with Crippen LogP contribution in [0.1, 0.15) is 61.1 Å². The lowest BCUT2D eigenvalue weighted by Gasteiger charge is -2.25. The van der Waals surface area contributed by atoms with Crippen LogP contribution in [0.4, 0.5) is 0 Å². The molecule has 1 N–H and O–H groups in total. The summed E-state index contributed by atoms with van der Waals surface area (Å²) >= 11 is 6.08. The molecule has 1 aromatic heterocycles. The molecule has 1 atom stereocenters. The zero-order chi connectivity index (χ0) is 19.4. The number of hydrogen-bond donors (Lipinski definition) is 1. The van der Waals surface area contributed by atoms with Gasteiger partial charge in [0.15, 0.2) is 0 Å². The molecule has 1 fully saturated rings. The Hall–Kier alpha value is -2.40. The van der Waals surface area contributed by atoms with Crippen LogP contribution in [0.25, 0.3) is 11.3 Å². The molecule has 1 aliphatic heterocycles. The molecule has 1 aliphatic rings. The van der Waals surface area contributed by atoms with Gasteiger partial charge in [-0.25, -0.2) is 9.78 Å². The molecule has 0 spiro atoms. The molecule has 0 saturated carbocycles. The third-order valence-electron chi connectivity index (χ3n) is 4.90. The van der Waals surface area contributed by atoms with Crippen LogP contribution in [0.5, 0.6) is 0 Å². The van der Waals surface area contributed by atoms with Crippen molar-refractivity contribution in [2.45, 2.75) is 45.1 Å². The van der Waals surface area contributed by atoms with Gasteiger partial charge in [0.2, 0.25) is 5.91 Å². The second-order valence-corrected chi connectivity index (χ2v) is 7.23. The van der Waals surface area contributed by atoms with Gasteiger partial charge >= 0.3 is 5.97 Å². The molecule has 1 amide bonds. The molecule has 1 saturated heterocycles. The van der Waals surface area contributed by atoms with Crippen LogP contribution in [-0.4, -0.2) is 33.4 Å². The number of carboxylic acid groups (broad SMARTS) is 1. The standard InChI is InChI=1S/C21H23ClN2O3/c1-2-3-9-19(25)24-12-5-8-18(24)17-11-10-16(21(26)27)20(23-17)14-6-4-7-15(22)13-14/h4,6-7,10-11,13,18H,2-3,5,8-9,12H2,1H3,(H,26,27)/t18-/m0/s1. The molecule has 2 heterocycles. The summed E-state index contributed by atoms with van der Waals surface area (Å²) in [7, 11) is 0. The smallest absolute Gasteiger partial charge is 0.337 e. The Kier molecular flexibility index (Phi) is 6.11. The van der Waals surface area contributed by atoms with Gasteiger partial charge in [-0.2, -0.15) is 0 Å². The Labute approximate surface area is 164 Å². The van der Waals surface area contributed by atoms with E-state index in [1.165, 1.54) is 0 Å². The highest BCUT2D eigenvalue weighted by Crippen LogP contribution is 2.34. The minimum absolute atomic E-state index is 0.102. The molecular weight excluding hydrogens is 364 g/mol. The summed E-state index contributed by atoms with van der Waals surface area (Å²) in [5, 5.41) is 10.1. The van der Waals surface area contributed by atoms with Crippen LogP contribution >= 0.6 is 11.6 Å². The number of nitrogens with zero attached hydrogens (tertiary/aromatic N) is 2. The Morgan fingerprint density at radius 2 is 2.11 bits per heavy atom. The number of carbonyl (C=O) groups is 2. The molecule has 0 radical (unpaired) electrons. The van der Waals surface area contributed by atoms with Crippen LogP contribution in [0, 0.1) is 0 Å². The number of carboxylic acids is 1. The van der Waals surface area contributed by atoms with E-state index in [9.17, 15) is 14.7 Å². The maximum Gasteiger partial charge on any atom is 0.337 e. The SMILES string of the molecule is CCCCC(=O)N1CCC[C@H]1c1ccc(C(=O)O)c(-c2cccc(Cl)c2)n1. The number of unbranched alkanes of at least 4 members (excludes halogenated alkanes) is 1. The Morgan fingerprint density at radius 3 is 2.81 bits per heavy atom. The van der Waals surface area contributed by atoms with Crippen molar-refractivity contribution < 1.29 is 14.7 Å². The van der Waals surface area contributed by atoms with Crippen LogP contribution in [0.15, 0.2) is 36.4 Å². The second-order valence-electron chi connectivity index (χ2n) is 6.80. The molecular formula is C21H23ClN2O3. The normalized spacial score (nSPS) is 16.5. The van der Waals surface area contributed by atoms with Gasteiger partial charge in [0.25, 0.3) is 0 Å². The van der Waals surface area contributed by atoms with Crippen LogP contribution in [-0.2, 0) is 4.79 Å². The fraction of sp³-hybridized carbons (Fsp3) is 0.381. The van der Waals surface area contributed by atoms with Gasteiger partial charge < -0.3 is 10.0 Å². The minimum atomic E-state index is -1.04. The Bertz CT molecular complexity index is 853. The lowest BCUT2D eigenvalue weighted by Crippen LogP contribution is -2.30. The third kappa shape index (κ3) is 4.30. The molecule has 0 bridgehead atoms. The maximum absolute atomic E-state index is 12.5. The molecule has 6 heteroatoms. The number of amides is 1. The summed E-state index contributed by atoms with van der Waals surface area (Å²) in [6.07, 6.45) is 4.17. The molecule has 0 aliphatic carbocycles. The van der Waals surface area contributed by atoms with Crippen LogP contribution in [0.2, 0.25) is 5.02 Å². The highest BCUT2D eigenvalue weighted by Gasteiger charge is 2.31. The van der Waals surface area contributed by atoms with E-state index in [-0.39, 0.29) is 17.5 Å². The van der Waals surface area contributed by atoms with Crippen molar-refractivity contribution in [1.82, 2.24) is 9.88 Å². The van der Waals surface area contributed by atoms with E-state index in [1.54, 1.807) is 36.4 Å². The lowest BCUT2D eigenvalue weighted by atomic mass is 10.0. The van der Waals surface area contributed by atoms with Gasteiger partial charge in [0, 0.05) is 23.6 Å². The Morgan fingerprint density at radius 1 is 1.30 bits per heavy atom. The van der Waals surface area contributed by atoms with E-state index in [0.29, 0.717) is 22.7 Å². The van der Waals surface area contributed by atoms with E-state index in [0.717, 1.165) is 37.9 Å². The van der Waals surface area contributed by atoms with Crippen molar-refractivity contribution in [2.75, 3.05) is 6.54 Å². The molecule has 2 aromatic rings. The number of halogens is 1. The fourth-order valence-electron chi connectivity index (χ4n) is 3.53. The van der Waals surface area contributed by atoms with Crippen LogP contribution in [0.3, 0.4) is 0 Å². The van der Waals surface area contributed by atoms with Gasteiger partial charge in [0.1, 0.15) is 0 Å². The van der Waals surface area contributed by atoms with E-state index in [4.69, 9.17) is 11.6 Å². The number of pyridine rings is 1. The van der Waals surface area contributed by atoms with E-state index in [2.05, 4.69) is 11.9 Å². The summed E-state index contributed by atoms with van der Waals surface area (Å²) in [4.78, 5) is 30.8. The van der Waals surface area contributed by atoms with Gasteiger partial charge in [-0.1, -0.05) is 37.1 Å². The number of benzene rings is 1. The number of rotatable bonds is 6. The van der Waals surface area contributed by atoms with Crippen molar-refractivity contribution in [3.05, 3.63) is 52.7 Å². The predicted octanol–water partition coefficient (Wildman–Crippen LogP) is 4.95. The first-order valence-electron chi connectivity index (χ1n) is 9.31. The van der Waals surface area contributed by atoms with Crippen molar-refractivity contribution >= 4 is 23.5 Å². The highest BCUT2D eigenvalue weighted by molar-refractivity contribution is 6.30. The minimum Gasteiger partial charge on any atom is -0.478 e. The number of carbonyl (C=O) groups excluding carboxylic acids is 1.